The van der Waals surface area contributed by atoms with E-state index in [1.54, 1.807) is 21.0 Å². The maximum Gasteiger partial charge on any atom is 0.0776 e. The summed E-state index contributed by atoms with van der Waals surface area (Å²) in [6.45, 7) is 6.47. The lowest BCUT2D eigenvalue weighted by Crippen LogP contribution is -2.18. The molecule has 0 aromatic heterocycles. The molecule has 0 amide bonds. The van der Waals surface area contributed by atoms with Crippen LogP contribution >= 0.6 is 0 Å². The Labute approximate surface area is 80.5 Å². The number of aliphatic hydroxyl groups is 2. The van der Waals surface area contributed by atoms with Crippen molar-refractivity contribution in [1.29, 1.82) is 0 Å². The molecular weight excluding hydrogens is 172 g/mol. The molecule has 13 heavy (non-hydrogen) atoms. The molecule has 0 aromatic rings. The highest BCUT2D eigenvalue weighted by Gasteiger charge is 2.00. The van der Waals surface area contributed by atoms with Gasteiger partial charge >= 0.3 is 0 Å². The van der Waals surface area contributed by atoms with Crippen molar-refractivity contribution in [2.24, 2.45) is 0 Å². The SMILES string of the molecule is CCO.COC(C)COCC(C)O. The fourth-order valence-corrected chi connectivity index (χ4v) is 0.473. The van der Waals surface area contributed by atoms with Gasteiger partial charge in [-0.2, -0.15) is 0 Å². The Morgan fingerprint density at radius 1 is 1.23 bits per heavy atom. The van der Waals surface area contributed by atoms with Crippen molar-refractivity contribution in [1.82, 2.24) is 0 Å². The first-order valence-electron chi connectivity index (χ1n) is 4.47. The maximum atomic E-state index is 8.77. The van der Waals surface area contributed by atoms with Gasteiger partial charge in [0.15, 0.2) is 0 Å². The van der Waals surface area contributed by atoms with E-state index in [-0.39, 0.29) is 18.8 Å². The molecule has 2 N–H and O–H groups in total. The molecule has 0 aliphatic rings. The summed E-state index contributed by atoms with van der Waals surface area (Å²) in [6.07, 6.45) is -0.275. The molecule has 0 aromatic carbocycles. The first-order valence-corrected chi connectivity index (χ1v) is 4.47. The molecule has 0 saturated carbocycles. The van der Waals surface area contributed by atoms with Crippen LogP contribution in [-0.2, 0) is 9.47 Å². The van der Waals surface area contributed by atoms with Crippen LogP contribution in [0.4, 0.5) is 0 Å². The van der Waals surface area contributed by atoms with Crippen LogP contribution in [0.25, 0.3) is 0 Å². The minimum Gasteiger partial charge on any atom is -0.397 e. The fraction of sp³-hybridized carbons (Fsp3) is 1.00. The average molecular weight is 194 g/mol. The van der Waals surface area contributed by atoms with Crippen molar-refractivity contribution in [2.45, 2.75) is 33.0 Å². The summed E-state index contributed by atoms with van der Waals surface area (Å²) in [5, 5.41) is 16.3. The number of aliphatic hydroxyl groups excluding tert-OH is 2. The highest BCUT2D eigenvalue weighted by molar-refractivity contribution is 4.47. The quantitative estimate of drug-likeness (QED) is 0.666. The second kappa shape index (κ2) is 11.8. The molecule has 0 aliphatic heterocycles. The van der Waals surface area contributed by atoms with E-state index in [1.165, 1.54) is 0 Å². The molecular formula is C9H22O4. The Hall–Kier alpha value is -0.160. The van der Waals surface area contributed by atoms with Crippen LogP contribution in [0, 0.1) is 0 Å². The monoisotopic (exact) mass is 194 g/mol. The average Bonchev–Trinajstić information content (AvgIpc) is 2.05. The number of ether oxygens (including phenoxy) is 2. The molecule has 0 heterocycles. The van der Waals surface area contributed by atoms with E-state index in [2.05, 4.69) is 0 Å². The van der Waals surface area contributed by atoms with Gasteiger partial charge in [-0.15, -0.1) is 0 Å². The summed E-state index contributed by atoms with van der Waals surface area (Å²) in [5.74, 6) is 0. The van der Waals surface area contributed by atoms with Gasteiger partial charge in [-0.05, 0) is 20.8 Å². The van der Waals surface area contributed by atoms with Crippen molar-refractivity contribution < 1.29 is 19.7 Å². The molecule has 0 bridgehead atoms. The van der Waals surface area contributed by atoms with Crippen molar-refractivity contribution in [3.63, 3.8) is 0 Å². The van der Waals surface area contributed by atoms with E-state index in [9.17, 15) is 0 Å². The van der Waals surface area contributed by atoms with E-state index in [1.807, 2.05) is 6.92 Å². The first kappa shape index (κ1) is 15.3. The highest BCUT2D eigenvalue weighted by atomic mass is 16.5. The van der Waals surface area contributed by atoms with E-state index in [0.29, 0.717) is 13.2 Å². The van der Waals surface area contributed by atoms with Gasteiger partial charge in [0, 0.05) is 13.7 Å². The van der Waals surface area contributed by atoms with Gasteiger partial charge in [0.1, 0.15) is 0 Å². The molecule has 0 saturated heterocycles. The smallest absolute Gasteiger partial charge is 0.0776 e. The largest absolute Gasteiger partial charge is 0.397 e. The maximum absolute atomic E-state index is 8.77. The number of methoxy groups -OCH3 is 1. The fourth-order valence-electron chi connectivity index (χ4n) is 0.473. The summed E-state index contributed by atoms with van der Waals surface area (Å²) < 4.78 is 10.00. The first-order chi connectivity index (χ1) is 6.08. The van der Waals surface area contributed by atoms with Crippen LogP contribution in [0.15, 0.2) is 0 Å². The summed E-state index contributed by atoms with van der Waals surface area (Å²) in [4.78, 5) is 0. The van der Waals surface area contributed by atoms with Gasteiger partial charge in [0.25, 0.3) is 0 Å². The van der Waals surface area contributed by atoms with Crippen LogP contribution in [0.5, 0.6) is 0 Å². The second-order valence-electron chi connectivity index (χ2n) is 2.75. The van der Waals surface area contributed by atoms with E-state index >= 15 is 0 Å². The third kappa shape index (κ3) is 18.7. The van der Waals surface area contributed by atoms with Crippen molar-refractivity contribution in [3.05, 3.63) is 0 Å². The Morgan fingerprint density at radius 2 is 1.69 bits per heavy atom. The predicted octanol–water partition coefficient (Wildman–Crippen LogP) is 0.417. The summed E-state index contributed by atoms with van der Waals surface area (Å²) in [5.41, 5.74) is 0. The van der Waals surface area contributed by atoms with Gasteiger partial charge in [-0.3, -0.25) is 0 Å². The zero-order valence-electron chi connectivity index (χ0n) is 8.99. The van der Waals surface area contributed by atoms with Crippen molar-refractivity contribution >= 4 is 0 Å². The van der Waals surface area contributed by atoms with E-state index in [0.717, 1.165) is 0 Å². The van der Waals surface area contributed by atoms with E-state index in [4.69, 9.17) is 19.7 Å². The predicted molar refractivity (Wildman–Crippen MR) is 51.7 cm³/mol. The molecule has 4 nitrogen and oxygen atoms in total. The molecule has 82 valence electrons. The minimum atomic E-state index is -0.385. The van der Waals surface area contributed by atoms with Gasteiger partial charge in [-0.1, -0.05) is 0 Å². The second-order valence-corrected chi connectivity index (χ2v) is 2.75. The summed E-state index contributed by atoms with van der Waals surface area (Å²) in [7, 11) is 1.64. The highest BCUT2D eigenvalue weighted by Crippen LogP contribution is 1.90. The summed E-state index contributed by atoms with van der Waals surface area (Å²) in [6, 6.07) is 0. The molecule has 2 unspecified atom stereocenters. The normalized spacial score (nSPS) is 14.3. The van der Waals surface area contributed by atoms with Crippen LogP contribution in [-0.4, -0.2) is 49.4 Å². The zero-order valence-corrected chi connectivity index (χ0v) is 8.99. The Morgan fingerprint density at radius 3 is 2.00 bits per heavy atom. The Kier molecular flexibility index (Phi) is 14.0. The molecule has 0 aliphatic carbocycles. The third-order valence-corrected chi connectivity index (χ3v) is 1.11. The topological polar surface area (TPSA) is 58.9 Å². The van der Waals surface area contributed by atoms with Crippen LogP contribution in [0.3, 0.4) is 0 Å². The minimum absolute atomic E-state index is 0.110. The van der Waals surface area contributed by atoms with Crippen LogP contribution in [0.1, 0.15) is 20.8 Å². The van der Waals surface area contributed by atoms with Gasteiger partial charge < -0.3 is 19.7 Å². The molecule has 2 atom stereocenters. The van der Waals surface area contributed by atoms with Gasteiger partial charge in [0.05, 0.1) is 25.4 Å². The lowest BCUT2D eigenvalue weighted by atomic mass is 10.4. The lowest BCUT2D eigenvalue weighted by Gasteiger charge is -2.10. The van der Waals surface area contributed by atoms with Gasteiger partial charge in [-0.25, -0.2) is 0 Å². The van der Waals surface area contributed by atoms with Crippen LogP contribution < -0.4 is 0 Å². The summed E-state index contributed by atoms with van der Waals surface area (Å²) >= 11 is 0. The van der Waals surface area contributed by atoms with Crippen molar-refractivity contribution in [2.75, 3.05) is 26.9 Å². The molecule has 0 radical (unpaired) electrons. The van der Waals surface area contributed by atoms with Crippen LogP contribution in [0.2, 0.25) is 0 Å². The third-order valence-electron chi connectivity index (χ3n) is 1.11. The standard InChI is InChI=1S/C7H16O3.C2H6O/c1-6(8)4-10-5-7(2)9-3;1-2-3/h6-8H,4-5H2,1-3H3;3H,2H2,1H3. The number of hydrogen-bond acceptors (Lipinski definition) is 4. The molecule has 0 fully saturated rings. The number of rotatable bonds is 5. The molecule has 0 spiro atoms. The van der Waals surface area contributed by atoms with E-state index < -0.39 is 0 Å². The molecule has 0 rings (SSSR count). The molecule has 4 heteroatoms. The number of hydrogen-bond donors (Lipinski definition) is 2. The lowest BCUT2D eigenvalue weighted by molar-refractivity contribution is -0.0118. The Bertz CT molecular complexity index is 85.7. The Balaban J connectivity index is 0. The zero-order chi connectivity index (χ0) is 10.7. The van der Waals surface area contributed by atoms with Crippen molar-refractivity contribution in [3.8, 4) is 0 Å². The van der Waals surface area contributed by atoms with Gasteiger partial charge in [0.2, 0.25) is 0 Å².